The molecule has 0 heterocycles. The highest BCUT2D eigenvalue weighted by molar-refractivity contribution is 5.47. The van der Waals surface area contributed by atoms with Gasteiger partial charge in [-0.2, -0.15) is 0 Å². The lowest BCUT2D eigenvalue weighted by atomic mass is 10.0. The fourth-order valence-corrected chi connectivity index (χ4v) is 1.92. The average molecular weight is 250 g/mol. The van der Waals surface area contributed by atoms with Gasteiger partial charge in [-0.05, 0) is 37.5 Å². The van der Waals surface area contributed by atoms with Crippen molar-refractivity contribution < 1.29 is 4.74 Å². The number of hydrogen-bond acceptors (Lipinski definition) is 3. The summed E-state index contributed by atoms with van der Waals surface area (Å²) >= 11 is 0. The van der Waals surface area contributed by atoms with Gasteiger partial charge in [0, 0.05) is 31.9 Å². The zero-order chi connectivity index (χ0) is 13.5. The van der Waals surface area contributed by atoms with E-state index in [4.69, 9.17) is 10.5 Å². The van der Waals surface area contributed by atoms with Crippen LogP contribution in [0.25, 0.3) is 0 Å². The molecule has 0 fully saturated rings. The number of anilines is 1. The molecule has 3 heteroatoms. The maximum Gasteiger partial charge on any atom is 0.0663 e. The van der Waals surface area contributed by atoms with Crippen LogP contribution in [0, 0.1) is 0 Å². The van der Waals surface area contributed by atoms with E-state index < -0.39 is 0 Å². The van der Waals surface area contributed by atoms with E-state index in [1.807, 2.05) is 0 Å². The van der Waals surface area contributed by atoms with Crippen molar-refractivity contribution in [1.29, 1.82) is 0 Å². The van der Waals surface area contributed by atoms with E-state index in [0.717, 1.165) is 19.4 Å². The van der Waals surface area contributed by atoms with Crippen LogP contribution in [-0.2, 0) is 11.2 Å². The first-order valence-corrected chi connectivity index (χ1v) is 6.64. The summed E-state index contributed by atoms with van der Waals surface area (Å²) in [6, 6.07) is 9.29. The molecular weight excluding hydrogens is 224 g/mol. The van der Waals surface area contributed by atoms with Gasteiger partial charge in [-0.3, -0.25) is 0 Å². The number of methoxy groups -OCH3 is 1. The van der Waals surface area contributed by atoms with E-state index in [1.54, 1.807) is 7.11 Å². The number of hydrogen-bond donors (Lipinski definition) is 1. The molecule has 102 valence electrons. The number of likely N-dealkylation sites (N-methyl/N-ethyl adjacent to an activating group) is 1. The Hall–Kier alpha value is -1.06. The van der Waals surface area contributed by atoms with Gasteiger partial charge >= 0.3 is 0 Å². The first-order chi connectivity index (χ1) is 8.58. The van der Waals surface area contributed by atoms with Crippen LogP contribution < -0.4 is 10.6 Å². The number of rotatable bonds is 7. The van der Waals surface area contributed by atoms with Gasteiger partial charge in [0.1, 0.15) is 0 Å². The molecule has 1 rings (SSSR count). The van der Waals surface area contributed by atoms with Gasteiger partial charge in [-0.1, -0.05) is 19.1 Å². The van der Waals surface area contributed by atoms with E-state index in [0.29, 0.717) is 6.04 Å². The Morgan fingerprint density at radius 1 is 1.28 bits per heavy atom. The predicted molar refractivity (Wildman–Crippen MR) is 78.2 cm³/mol. The Balaban J connectivity index is 2.64. The monoisotopic (exact) mass is 250 g/mol. The zero-order valence-corrected chi connectivity index (χ0v) is 12.0. The number of nitrogens with zero attached hydrogens (tertiary/aromatic N) is 1. The second kappa shape index (κ2) is 7.39. The van der Waals surface area contributed by atoms with E-state index >= 15 is 0 Å². The molecule has 1 aromatic rings. The van der Waals surface area contributed by atoms with Crippen LogP contribution in [0.2, 0.25) is 0 Å². The average Bonchev–Trinajstić information content (AvgIpc) is 2.39. The van der Waals surface area contributed by atoms with Crippen LogP contribution in [0.5, 0.6) is 0 Å². The third-order valence-corrected chi connectivity index (χ3v) is 3.43. The fourth-order valence-electron chi connectivity index (χ4n) is 1.92. The fraction of sp³-hybridized carbons (Fsp3) is 0.600. The maximum absolute atomic E-state index is 5.96. The smallest absolute Gasteiger partial charge is 0.0663 e. The van der Waals surface area contributed by atoms with Crippen molar-refractivity contribution in [2.75, 3.05) is 25.7 Å². The Morgan fingerprint density at radius 2 is 1.89 bits per heavy atom. The Morgan fingerprint density at radius 3 is 2.39 bits per heavy atom. The molecular formula is C15H26N2O. The van der Waals surface area contributed by atoms with E-state index in [9.17, 15) is 0 Å². The molecule has 0 saturated heterocycles. The van der Waals surface area contributed by atoms with Crippen molar-refractivity contribution in [1.82, 2.24) is 0 Å². The zero-order valence-electron chi connectivity index (χ0n) is 12.0. The molecule has 0 aliphatic rings. The van der Waals surface area contributed by atoms with Crippen molar-refractivity contribution in [3.63, 3.8) is 0 Å². The third-order valence-electron chi connectivity index (χ3n) is 3.43. The molecule has 3 nitrogen and oxygen atoms in total. The van der Waals surface area contributed by atoms with Gasteiger partial charge < -0.3 is 15.4 Å². The second-order valence-electron chi connectivity index (χ2n) is 4.95. The topological polar surface area (TPSA) is 38.5 Å². The normalized spacial score (nSPS) is 14.3. The van der Waals surface area contributed by atoms with Crippen molar-refractivity contribution in [2.24, 2.45) is 5.73 Å². The minimum absolute atomic E-state index is 0.265. The minimum atomic E-state index is 0.265. The van der Waals surface area contributed by atoms with Gasteiger partial charge in [-0.15, -0.1) is 0 Å². The predicted octanol–water partition coefficient (Wildman–Crippen LogP) is 2.44. The summed E-state index contributed by atoms with van der Waals surface area (Å²) in [5.74, 6) is 0. The molecule has 0 radical (unpaired) electrons. The van der Waals surface area contributed by atoms with E-state index in [2.05, 4.69) is 50.1 Å². The van der Waals surface area contributed by atoms with E-state index in [1.165, 1.54) is 11.3 Å². The minimum Gasteiger partial charge on any atom is -0.383 e. The summed E-state index contributed by atoms with van der Waals surface area (Å²) < 4.78 is 5.18. The van der Waals surface area contributed by atoms with Gasteiger partial charge in [0.25, 0.3) is 0 Å². The molecule has 0 aliphatic heterocycles. The quantitative estimate of drug-likeness (QED) is 0.808. The SMILES string of the molecule is CCC(N)Cc1ccc(N(C)C(C)COC)cc1. The van der Waals surface area contributed by atoms with Crippen LogP contribution >= 0.6 is 0 Å². The van der Waals surface area contributed by atoms with Crippen molar-refractivity contribution in [2.45, 2.75) is 38.8 Å². The van der Waals surface area contributed by atoms with Crippen LogP contribution in [0.3, 0.4) is 0 Å². The number of benzene rings is 1. The number of nitrogens with two attached hydrogens (primary N) is 1. The lowest BCUT2D eigenvalue weighted by Crippen LogP contribution is -2.32. The highest BCUT2D eigenvalue weighted by Gasteiger charge is 2.09. The molecule has 0 saturated carbocycles. The van der Waals surface area contributed by atoms with Gasteiger partial charge in [0.15, 0.2) is 0 Å². The molecule has 2 unspecified atom stereocenters. The Kier molecular flexibility index (Phi) is 6.16. The van der Waals surface area contributed by atoms with Gasteiger partial charge in [-0.25, -0.2) is 0 Å². The highest BCUT2D eigenvalue weighted by atomic mass is 16.5. The lowest BCUT2D eigenvalue weighted by Gasteiger charge is -2.26. The molecule has 0 spiro atoms. The van der Waals surface area contributed by atoms with Crippen LogP contribution in [0.15, 0.2) is 24.3 Å². The largest absolute Gasteiger partial charge is 0.383 e. The Labute approximate surface area is 111 Å². The summed E-state index contributed by atoms with van der Waals surface area (Å²) in [4.78, 5) is 2.23. The standard InChI is InChI=1S/C15H26N2O/c1-5-14(16)10-13-6-8-15(9-7-13)17(3)12(2)11-18-4/h6-9,12,14H,5,10-11,16H2,1-4H3. The Bertz CT molecular complexity index is 337. The first kappa shape index (κ1) is 15.0. The molecule has 0 aromatic heterocycles. The summed E-state index contributed by atoms with van der Waals surface area (Å²) in [5, 5.41) is 0. The number of ether oxygens (including phenoxy) is 1. The molecule has 18 heavy (non-hydrogen) atoms. The van der Waals surface area contributed by atoms with E-state index in [-0.39, 0.29) is 6.04 Å². The molecule has 0 amide bonds. The molecule has 2 N–H and O–H groups in total. The highest BCUT2D eigenvalue weighted by Crippen LogP contribution is 2.17. The molecule has 2 atom stereocenters. The van der Waals surface area contributed by atoms with Crippen molar-refractivity contribution in [3.05, 3.63) is 29.8 Å². The second-order valence-corrected chi connectivity index (χ2v) is 4.95. The van der Waals surface area contributed by atoms with Crippen LogP contribution in [0.1, 0.15) is 25.8 Å². The molecule has 1 aromatic carbocycles. The first-order valence-electron chi connectivity index (χ1n) is 6.64. The maximum atomic E-state index is 5.96. The summed E-state index contributed by atoms with van der Waals surface area (Å²) in [5.41, 5.74) is 8.49. The van der Waals surface area contributed by atoms with Crippen molar-refractivity contribution in [3.8, 4) is 0 Å². The van der Waals surface area contributed by atoms with Gasteiger partial charge in [0.2, 0.25) is 0 Å². The lowest BCUT2D eigenvalue weighted by molar-refractivity contribution is 0.183. The van der Waals surface area contributed by atoms with Crippen molar-refractivity contribution >= 4 is 5.69 Å². The summed E-state index contributed by atoms with van der Waals surface area (Å²) in [6.45, 7) is 5.02. The van der Waals surface area contributed by atoms with Gasteiger partial charge in [0.05, 0.1) is 6.61 Å². The summed E-state index contributed by atoms with van der Waals surface area (Å²) in [7, 11) is 3.83. The third kappa shape index (κ3) is 4.31. The molecule has 0 bridgehead atoms. The van der Waals surface area contributed by atoms with Crippen LogP contribution in [0.4, 0.5) is 5.69 Å². The van der Waals surface area contributed by atoms with Crippen LogP contribution in [-0.4, -0.2) is 32.8 Å². The molecule has 0 aliphatic carbocycles. The summed E-state index contributed by atoms with van der Waals surface area (Å²) in [6.07, 6.45) is 1.97.